The minimum Gasteiger partial charge on any atom is -0.448 e. The molecule has 0 N–H and O–H groups in total. The van der Waals surface area contributed by atoms with Crippen LogP contribution in [0.25, 0.3) is 16.7 Å². The summed E-state index contributed by atoms with van der Waals surface area (Å²) in [7, 11) is 0. The number of hydrogen-bond donors (Lipinski definition) is 0. The molecule has 2 aromatic carbocycles. The molecule has 2 unspecified atom stereocenters. The van der Waals surface area contributed by atoms with Crippen molar-refractivity contribution >= 4 is 11.7 Å². The lowest BCUT2D eigenvalue weighted by Gasteiger charge is -2.44. The highest BCUT2D eigenvalue weighted by Gasteiger charge is 2.40. The number of rotatable bonds is 3. The van der Waals surface area contributed by atoms with Gasteiger partial charge in [-0.15, -0.1) is 0 Å². The number of nitrogens with zero attached hydrogens (tertiary/aromatic N) is 3. The molecule has 6 nitrogen and oxygen atoms in total. The predicted molar refractivity (Wildman–Crippen MR) is 132 cm³/mol. The number of benzene rings is 2. The molecule has 35 heavy (non-hydrogen) atoms. The number of morpholine rings is 1. The fraction of sp³-hybridized carbons (Fsp3) is 0.276. The number of fused-ring (bicyclic) bond motifs is 5. The van der Waals surface area contributed by atoms with Gasteiger partial charge in [0.25, 0.3) is 0 Å². The van der Waals surface area contributed by atoms with E-state index >= 15 is 0 Å². The Morgan fingerprint density at radius 1 is 1.14 bits per heavy atom. The number of nitriles is 1. The van der Waals surface area contributed by atoms with Gasteiger partial charge in [-0.1, -0.05) is 54.6 Å². The van der Waals surface area contributed by atoms with Gasteiger partial charge in [-0.05, 0) is 58.4 Å². The number of carbonyl (C=O) groups excluding carboxylic acids is 1. The summed E-state index contributed by atoms with van der Waals surface area (Å²) in [5.41, 5.74) is 8.25. The highest BCUT2D eigenvalue weighted by Crippen LogP contribution is 2.44. The molecule has 2 bridgehead atoms. The Labute approximate surface area is 204 Å². The van der Waals surface area contributed by atoms with Crippen molar-refractivity contribution in [3.05, 3.63) is 94.8 Å². The van der Waals surface area contributed by atoms with Gasteiger partial charge < -0.3 is 9.47 Å². The van der Waals surface area contributed by atoms with Crippen molar-refractivity contribution in [2.75, 3.05) is 19.8 Å². The molecule has 2 aliphatic heterocycles. The Hall–Kier alpha value is -3.95. The molecule has 0 spiro atoms. The van der Waals surface area contributed by atoms with Crippen molar-refractivity contribution in [2.45, 2.75) is 31.3 Å². The lowest BCUT2D eigenvalue weighted by molar-refractivity contribution is -0.0331. The van der Waals surface area contributed by atoms with Crippen molar-refractivity contribution in [1.29, 1.82) is 5.26 Å². The Bertz CT molecular complexity index is 1340. The van der Waals surface area contributed by atoms with Crippen LogP contribution in [0.15, 0.2) is 66.9 Å². The summed E-state index contributed by atoms with van der Waals surface area (Å²) in [6.45, 7) is 3.11. The second-order valence-electron chi connectivity index (χ2n) is 9.37. The molecule has 1 fully saturated rings. The van der Waals surface area contributed by atoms with Crippen LogP contribution in [-0.4, -0.2) is 47.9 Å². The van der Waals surface area contributed by atoms with E-state index in [1.807, 2.05) is 42.2 Å². The lowest BCUT2D eigenvalue weighted by Crippen LogP contribution is -2.56. The SMILES string of the molecule is Cc1cc(C2=CC3COCC(C2)N3C(=O)OCC2c3ccccc3-c3ccccc32)cnc1C#N. The van der Waals surface area contributed by atoms with Crippen LogP contribution in [0.3, 0.4) is 0 Å². The van der Waals surface area contributed by atoms with Crippen LogP contribution < -0.4 is 0 Å². The molecular weight excluding hydrogens is 438 g/mol. The molecule has 3 aromatic rings. The Morgan fingerprint density at radius 3 is 2.51 bits per heavy atom. The third kappa shape index (κ3) is 3.69. The molecule has 1 aromatic heterocycles. The summed E-state index contributed by atoms with van der Waals surface area (Å²) in [6, 6.07) is 20.5. The van der Waals surface area contributed by atoms with Crippen molar-refractivity contribution in [2.24, 2.45) is 0 Å². The summed E-state index contributed by atoms with van der Waals surface area (Å²) in [4.78, 5) is 19.5. The van der Waals surface area contributed by atoms with E-state index in [2.05, 4.69) is 41.4 Å². The molecule has 6 rings (SSSR count). The first-order valence-corrected chi connectivity index (χ1v) is 11.9. The molecule has 3 aliphatic rings. The number of aromatic nitrogens is 1. The first-order chi connectivity index (χ1) is 17.1. The maximum atomic E-state index is 13.3. The Kier molecular flexibility index (Phi) is 5.35. The standard InChI is InChI=1S/C29H25N3O3/c1-18-10-20(14-31-28(18)13-30)19-11-21-15-34-16-22(12-19)32(21)29(33)35-17-27-25-8-4-2-6-23(25)24-7-3-5-9-26(24)27/h2-11,14,21-22,27H,12,15-17H2,1H3. The third-order valence-electron chi connectivity index (χ3n) is 7.30. The van der Waals surface area contributed by atoms with E-state index in [-0.39, 0.29) is 24.1 Å². The predicted octanol–water partition coefficient (Wildman–Crippen LogP) is 5.07. The van der Waals surface area contributed by atoms with Gasteiger partial charge in [-0.2, -0.15) is 5.26 Å². The number of hydrogen-bond acceptors (Lipinski definition) is 5. The van der Waals surface area contributed by atoms with Crippen LogP contribution in [0.5, 0.6) is 0 Å². The van der Waals surface area contributed by atoms with Crippen LogP contribution >= 0.6 is 0 Å². The highest BCUT2D eigenvalue weighted by molar-refractivity contribution is 5.79. The summed E-state index contributed by atoms with van der Waals surface area (Å²) in [5.74, 6) is 0.0334. The van der Waals surface area contributed by atoms with E-state index < -0.39 is 0 Å². The monoisotopic (exact) mass is 463 g/mol. The number of ether oxygens (including phenoxy) is 2. The van der Waals surface area contributed by atoms with Gasteiger partial charge in [-0.25, -0.2) is 9.78 Å². The normalized spacial score (nSPS) is 20.5. The molecular formula is C29H25N3O3. The fourth-order valence-corrected chi connectivity index (χ4v) is 5.63. The van der Waals surface area contributed by atoms with Gasteiger partial charge in [-0.3, -0.25) is 4.90 Å². The maximum Gasteiger partial charge on any atom is 0.410 e. The van der Waals surface area contributed by atoms with E-state index in [4.69, 9.17) is 9.47 Å². The van der Waals surface area contributed by atoms with Crippen molar-refractivity contribution in [3.8, 4) is 17.2 Å². The number of carbonyl (C=O) groups is 1. The molecule has 0 radical (unpaired) electrons. The summed E-state index contributed by atoms with van der Waals surface area (Å²) in [6.07, 6.45) is 4.19. The molecule has 0 saturated carbocycles. The van der Waals surface area contributed by atoms with Crippen LogP contribution in [0.4, 0.5) is 4.79 Å². The lowest BCUT2D eigenvalue weighted by atomic mass is 9.90. The van der Waals surface area contributed by atoms with Gasteiger partial charge in [0.2, 0.25) is 0 Å². The average Bonchev–Trinajstić information content (AvgIpc) is 3.20. The van der Waals surface area contributed by atoms with Crippen LogP contribution in [-0.2, 0) is 9.47 Å². The average molecular weight is 464 g/mol. The largest absolute Gasteiger partial charge is 0.448 e. The fourth-order valence-electron chi connectivity index (χ4n) is 5.63. The molecule has 2 atom stereocenters. The maximum absolute atomic E-state index is 13.3. The molecule has 1 saturated heterocycles. The minimum atomic E-state index is -0.297. The van der Waals surface area contributed by atoms with Gasteiger partial charge >= 0.3 is 6.09 Å². The van der Waals surface area contributed by atoms with Gasteiger partial charge in [0.05, 0.1) is 25.3 Å². The van der Waals surface area contributed by atoms with E-state index in [0.717, 1.165) is 16.7 Å². The molecule has 1 amide bonds. The molecule has 3 heterocycles. The first-order valence-electron chi connectivity index (χ1n) is 11.9. The van der Waals surface area contributed by atoms with Gasteiger partial charge in [0, 0.05) is 12.1 Å². The molecule has 174 valence electrons. The van der Waals surface area contributed by atoms with Crippen molar-refractivity contribution < 1.29 is 14.3 Å². The van der Waals surface area contributed by atoms with E-state index in [0.29, 0.717) is 31.9 Å². The van der Waals surface area contributed by atoms with E-state index in [1.165, 1.54) is 22.3 Å². The van der Waals surface area contributed by atoms with Crippen molar-refractivity contribution in [3.63, 3.8) is 0 Å². The van der Waals surface area contributed by atoms with Crippen LogP contribution in [0.1, 0.15) is 40.3 Å². The number of pyridine rings is 1. The quantitative estimate of drug-likeness (QED) is 0.542. The molecule has 1 aliphatic carbocycles. The zero-order valence-corrected chi connectivity index (χ0v) is 19.5. The zero-order valence-electron chi connectivity index (χ0n) is 19.5. The smallest absolute Gasteiger partial charge is 0.410 e. The first kappa shape index (κ1) is 21.6. The van der Waals surface area contributed by atoms with E-state index in [9.17, 15) is 10.1 Å². The highest BCUT2D eigenvalue weighted by atomic mass is 16.6. The van der Waals surface area contributed by atoms with E-state index in [1.54, 1.807) is 6.20 Å². The van der Waals surface area contributed by atoms with Gasteiger partial charge in [0.15, 0.2) is 0 Å². The Morgan fingerprint density at radius 2 is 1.86 bits per heavy atom. The minimum absolute atomic E-state index is 0.0334. The summed E-state index contributed by atoms with van der Waals surface area (Å²) >= 11 is 0. The number of amides is 1. The number of aryl methyl sites for hydroxylation is 1. The van der Waals surface area contributed by atoms with Crippen LogP contribution in [0.2, 0.25) is 0 Å². The zero-order chi connectivity index (χ0) is 23.9. The third-order valence-corrected chi connectivity index (χ3v) is 7.30. The second kappa shape index (κ2) is 8.68. The van der Waals surface area contributed by atoms with Gasteiger partial charge in [0.1, 0.15) is 18.4 Å². The summed E-state index contributed by atoms with van der Waals surface area (Å²) < 4.78 is 11.7. The molecule has 6 heteroatoms. The van der Waals surface area contributed by atoms with Crippen molar-refractivity contribution in [1.82, 2.24) is 9.88 Å². The van der Waals surface area contributed by atoms with Crippen LogP contribution in [0, 0.1) is 18.3 Å². The summed E-state index contributed by atoms with van der Waals surface area (Å²) in [5, 5.41) is 9.18. The Balaban J connectivity index is 1.22. The second-order valence-corrected chi connectivity index (χ2v) is 9.37. The topological polar surface area (TPSA) is 75.4 Å².